The van der Waals surface area contributed by atoms with Gasteiger partial charge in [-0.1, -0.05) is 59.8 Å². The summed E-state index contributed by atoms with van der Waals surface area (Å²) in [7, 11) is 0. The molecule has 2 unspecified atom stereocenters. The molecule has 15 heavy (non-hydrogen) atoms. The maximum absolute atomic E-state index is 3.62. The molecule has 0 heterocycles. The molecule has 0 amide bonds. The molecule has 2 atom stereocenters. The molecule has 92 valence electrons. The molecule has 0 radical (unpaired) electrons. The fourth-order valence-corrected chi connectivity index (χ4v) is 2.26. The van der Waals surface area contributed by atoms with Crippen LogP contribution >= 0.6 is 0 Å². The van der Waals surface area contributed by atoms with Gasteiger partial charge in [0.15, 0.2) is 0 Å². The normalized spacial score (nSPS) is 15.2. The molecule has 1 nitrogen and oxygen atoms in total. The van der Waals surface area contributed by atoms with Crippen molar-refractivity contribution in [1.29, 1.82) is 0 Å². The maximum Gasteiger partial charge on any atom is 0.00924 e. The third kappa shape index (κ3) is 7.84. The van der Waals surface area contributed by atoms with Crippen LogP contribution in [0.2, 0.25) is 0 Å². The van der Waals surface area contributed by atoms with Gasteiger partial charge in [-0.2, -0.15) is 0 Å². The van der Waals surface area contributed by atoms with Gasteiger partial charge in [0.25, 0.3) is 0 Å². The zero-order valence-corrected chi connectivity index (χ0v) is 11.3. The zero-order valence-electron chi connectivity index (χ0n) is 11.3. The maximum atomic E-state index is 3.62. The van der Waals surface area contributed by atoms with Crippen molar-refractivity contribution in [3.05, 3.63) is 0 Å². The summed E-state index contributed by atoms with van der Waals surface area (Å²) in [6, 6.07) is 0.752. The predicted octanol–water partition coefficient (Wildman–Crippen LogP) is 4.37. The summed E-state index contributed by atoms with van der Waals surface area (Å²) in [5, 5.41) is 3.62. The number of hydrogen-bond donors (Lipinski definition) is 1. The lowest BCUT2D eigenvalue weighted by Crippen LogP contribution is -2.34. The van der Waals surface area contributed by atoms with Gasteiger partial charge >= 0.3 is 0 Å². The van der Waals surface area contributed by atoms with E-state index in [9.17, 15) is 0 Å². The van der Waals surface area contributed by atoms with E-state index < -0.39 is 0 Å². The topological polar surface area (TPSA) is 12.0 Å². The first kappa shape index (κ1) is 15.0. The van der Waals surface area contributed by atoms with E-state index in [0.717, 1.165) is 18.5 Å². The summed E-state index contributed by atoms with van der Waals surface area (Å²) < 4.78 is 0. The monoisotopic (exact) mass is 213 g/mol. The van der Waals surface area contributed by atoms with Crippen LogP contribution in [0.5, 0.6) is 0 Å². The van der Waals surface area contributed by atoms with Gasteiger partial charge in [-0.25, -0.2) is 0 Å². The standard InChI is InChI=1S/C14H31N/c1-5-8-9-10-12-13(4)14(11-6-2)15-7-3/h13-15H,5-12H2,1-4H3. The molecule has 0 aromatic carbocycles. The molecule has 0 spiro atoms. The molecule has 0 rings (SSSR count). The van der Waals surface area contributed by atoms with E-state index in [2.05, 4.69) is 33.0 Å². The first-order chi connectivity index (χ1) is 7.26. The Bertz CT molecular complexity index is 117. The van der Waals surface area contributed by atoms with Crippen molar-refractivity contribution >= 4 is 0 Å². The fourth-order valence-electron chi connectivity index (χ4n) is 2.26. The van der Waals surface area contributed by atoms with E-state index in [4.69, 9.17) is 0 Å². The first-order valence-electron chi connectivity index (χ1n) is 6.99. The van der Waals surface area contributed by atoms with E-state index in [-0.39, 0.29) is 0 Å². The smallest absolute Gasteiger partial charge is 0.00924 e. The number of rotatable bonds is 10. The summed E-state index contributed by atoms with van der Waals surface area (Å²) in [6.45, 7) is 10.3. The summed E-state index contributed by atoms with van der Waals surface area (Å²) >= 11 is 0. The predicted molar refractivity (Wildman–Crippen MR) is 70.3 cm³/mol. The SMILES string of the molecule is CCCCCCC(C)C(CCC)NCC. The summed E-state index contributed by atoms with van der Waals surface area (Å²) in [5.74, 6) is 0.849. The molecule has 0 aliphatic heterocycles. The minimum atomic E-state index is 0.752. The zero-order chi connectivity index (χ0) is 11.5. The summed E-state index contributed by atoms with van der Waals surface area (Å²) in [6.07, 6.45) is 9.64. The van der Waals surface area contributed by atoms with Gasteiger partial charge in [-0.3, -0.25) is 0 Å². The Morgan fingerprint density at radius 1 is 0.867 bits per heavy atom. The van der Waals surface area contributed by atoms with E-state index >= 15 is 0 Å². The lowest BCUT2D eigenvalue weighted by atomic mass is 9.92. The van der Waals surface area contributed by atoms with Crippen LogP contribution in [0.15, 0.2) is 0 Å². The third-order valence-corrected chi connectivity index (χ3v) is 3.27. The largest absolute Gasteiger partial charge is 0.314 e. The minimum Gasteiger partial charge on any atom is -0.314 e. The second-order valence-electron chi connectivity index (χ2n) is 4.78. The van der Waals surface area contributed by atoms with Crippen LogP contribution in [-0.2, 0) is 0 Å². The molecule has 0 aliphatic rings. The van der Waals surface area contributed by atoms with Crippen LogP contribution in [0.3, 0.4) is 0 Å². The number of unbranched alkanes of at least 4 members (excludes halogenated alkanes) is 3. The van der Waals surface area contributed by atoms with Crippen LogP contribution in [0.4, 0.5) is 0 Å². The van der Waals surface area contributed by atoms with Crippen LogP contribution in [0.1, 0.15) is 72.6 Å². The number of hydrogen-bond acceptors (Lipinski definition) is 1. The van der Waals surface area contributed by atoms with Gasteiger partial charge in [0.2, 0.25) is 0 Å². The second kappa shape index (κ2) is 10.5. The Balaban J connectivity index is 3.65. The van der Waals surface area contributed by atoms with Crippen LogP contribution in [0, 0.1) is 5.92 Å². The number of nitrogens with one attached hydrogen (secondary N) is 1. The first-order valence-corrected chi connectivity index (χ1v) is 6.99. The highest BCUT2D eigenvalue weighted by Crippen LogP contribution is 2.17. The van der Waals surface area contributed by atoms with Crippen molar-refractivity contribution in [3.63, 3.8) is 0 Å². The minimum absolute atomic E-state index is 0.752. The Labute approximate surface area is 97.0 Å². The van der Waals surface area contributed by atoms with Crippen molar-refractivity contribution in [1.82, 2.24) is 5.32 Å². The molecule has 0 saturated carbocycles. The van der Waals surface area contributed by atoms with Crippen molar-refractivity contribution in [3.8, 4) is 0 Å². The van der Waals surface area contributed by atoms with E-state index in [1.54, 1.807) is 0 Å². The molecule has 0 aliphatic carbocycles. The Morgan fingerprint density at radius 3 is 2.13 bits per heavy atom. The molecule has 0 bridgehead atoms. The van der Waals surface area contributed by atoms with Gasteiger partial charge < -0.3 is 5.32 Å². The van der Waals surface area contributed by atoms with Gasteiger partial charge in [0, 0.05) is 6.04 Å². The molecule has 1 heteroatoms. The highest BCUT2D eigenvalue weighted by molar-refractivity contribution is 4.72. The highest BCUT2D eigenvalue weighted by Gasteiger charge is 2.14. The molecule has 0 aromatic heterocycles. The van der Waals surface area contributed by atoms with Crippen molar-refractivity contribution < 1.29 is 0 Å². The van der Waals surface area contributed by atoms with Gasteiger partial charge in [0.1, 0.15) is 0 Å². The van der Waals surface area contributed by atoms with Crippen LogP contribution in [-0.4, -0.2) is 12.6 Å². The molecule has 1 N–H and O–H groups in total. The Hall–Kier alpha value is -0.0400. The van der Waals surface area contributed by atoms with Crippen molar-refractivity contribution in [2.75, 3.05) is 6.54 Å². The average Bonchev–Trinajstić information content (AvgIpc) is 2.24. The lowest BCUT2D eigenvalue weighted by molar-refractivity contribution is 0.332. The second-order valence-corrected chi connectivity index (χ2v) is 4.78. The van der Waals surface area contributed by atoms with Gasteiger partial charge in [0.05, 0.1) is 0 Å². The van der Waals surface area contributed by atoms with Gasteiger partial charge in [-0.05, 0) is 25.3 Å². The van der Waals surface area contributed by atoms with Crippen LogP contribution < -0.4 is 5.32 Å². The van der Waals surface area contributed by atoms with Crippen LogP contribution in [0.25, 0.3) is 0 Å². The van der Waals surface area contributed by atoms with Crippen molar-refractivity contribution in [2.24, 2.45) is 5.92 Å². The fraction of sp³-hybridized carbons (Fsp3) is 1.00. The molecular formula is C14H31N. The lowest BCUT2D eigenvalue weighted by Gasteiger charge is -2.24. The van der Waals surface area contributed by atoms with E-state index in [1.165, 1.54) is 44.9 Å². The van der Waals surface area contributed by atoms with E-state index in [0.29, 0.717) is 0 Å². The van der Waals surface area contributed by atoms with Crippen molar-refractivity contribution in [2.45, 2.75) is 78.7 Å². The molecule has 0 saturated heterocycles. The average molecular weight is 213 g/mol. The van der Waals surface area contributed by atoms with Gasteiger partial charge in [-0.15, -0.1) is 0 Å². The molecule has 0 fully saturated rings. The summed E-state index contributed by atoms with van der Waals surface area (Å²) in [5.41, 5.74) is 0. The Kier molecular flexibility index (Phi) is 10.4. The quantitative estimate of drug-likeness (QED) is 0.531. The van der Waals surface area contributed by atoms with E-state index in [1.807, 2.05) is 0 Å². The third-order valence-electron chi connectivity index (χ3n) is 3.27. The molecule has 0 aromatic rings. The Morgan fingerprint density at radius 2 is 1.60 bits per heavy atom. The molecular weight excluding hydrogens is 182 g/mol. The highest BCUT2D eigenvalue weighted by atomic mass is 14.9. The summed E-state index contributed by atoms with van der Waals surface area (Å²) in [4.78, 5) is 0.